The van der Waals surface area contributed by atoms with Crippen LogP contribution < -0.4 is 15.0 Å². The minimum Gasteiger partial charge on any atom is -0.479 e. The average molecular weight is 261 g/mol. The van der Waals surface area contributed by atoms with E-state index in [1.165, 1.54) is 24.2 Å². The molecule has 19 heavy (non-hydrogen) atoms. The molecule has 0 fully saturated rings. The summed E-state index contributed by atoms with van der Waals surface area (Å²) in [6.07, 6.45) is 6.15. The highest BCUT2D eigenvalue weighted by molar-refractivity contribution is 5.96. The molecule has 0 saturated heterocycles. The van der Waals surface area contributed by atoms with E-state index in [-0.39, 0.29) is 6.03 Å². The molecule has 2 heterocycles. The monoisotopic (exact) mass is 261 g/mol. The van der Waals surface area contributed by atoms with Crippen LogP contribution in [0.4, 0.5) is 16.2 Å². The molecule has 0 bridgehead atoms. The fraction of sp³-hybridized carbons (Fsp3) is 0.250. The summed E-state index contributed by atoms with van der Waals surface area (Å²) >= 11 is 0. The molecular formula is C12H15N5O2. The number of aromatic nitrogens is 3. The minimum atomic E-state index is -0.327. The first-order valence-electron chi connectivity index (χ1n) is 5.63. The molecule has 7 nitrogen and oxygen atoms in total. The third-order valence-corrected chi connectivity index (χ3v) is 2.54. The maximum Gasteiger partial charge on any atom is 0.331 e. The number of anilines is 2. The number of hydrogen-bond acceptors (Lipinski definition) is 5. The molecule has 0 saturated carbocycles. The van der Waals surface area contributed by atoms with E-state index in [1.807, 2.05) is 19.0 Å². The zero-order valence-corrected chi connectivity index (χ0v) is 11.0. The molecule has 2 rings (SSSR count). The highest BCUT2D eigenvalue weighted by Gasteiger charge is 2.15. The second-order valence-corrected chi connectivity index (χ2v) is 4.01. The fourth-order valence-corrected chi connectivity index (χ4v) is 1.63. The zero-order chi connectivity index (χ0) is 13.8. The zero-order valence-electron chi connectivity index (χ0n) is 11.0. The van der Waals surface area contributed by atoms with E-state index in [1.54, 1.807) is 18.5 Å². The first-order chi connectivity index (χ1) is 9.13. The normalized spacial score (nSPS) is 10.1. The highest BCUT2D eigenvalue weighted by atomic mass is 16.5. The van der Waals surface area contributed by atoms with Crippen molar-refractivity contribution >= 4 is 17.4 Å². The summed E-state index contributed by atoms with van der Waals surface area (Å²) in [7, 11) is 5.26. The number of nitrogens with one attached hydrogen (secondary N) is 1. The summed E-state index contributed by atoms with van der Waals surface area (Å²) in [4.78, 5) is 21.8. The van der Waals surface area contributed by atoms with Gasteiger partial charge in [-0.1, -0.05) is 0 Å². The molecule has 0 unspecified atom stereocenters. The number of ether oxygens (including phenoxy) is 1. The van der Waals surface area contributed by atoms with Crippen LogP contribution in [0.5, 0.6) is 5.88 Å². The van der Waals surface area contributed by atoms with Crippen LogP contribution in [0, 0.1) is 0 Å². The SMILES string of the molecule is COc1nccc(N(C)C)c1NC(=O)n1ccnc1. The topological polar surface area (TPSA) is 72.3 Å². The third kappa shape index (κ3) is 2.65. The Balaban J connectivity index is 2.35. The van der Waals surface area contributed by atoms with Crippen molar-refractivity contribution in [3.05, 3.63) is 31.0 Å². The predicted molar refractivity (Wildman–Crippen MR) is 71.8 cm³/mol. The Hall–Kier alpha value is -2.57. The van der Waals surface area contributed by atoms with Crippen molar-refractivity contribution in [1.29, 1.82) is 0 Å². The summed E-state index contributed by atoms with van der Waals surface area (Å²) in [6.45, 7) is 0. The molecular weight excluding hydrogens is 246 g/mol. The van der Waals surface area contributed by atoms with Gasteiger partial charge in [-0.2, -0.15) is 0 Å². The quantitative estimate of drug-likeness (QED) is 0.905. The molecule has 100 valence electrons. The Morgan fingerprint density at radius 2 is 2.21 bits per heavy atom. The molecule has 7 heteroatoms. The number of carbonyl (C=O) groups excluding carboxylic acids is 1. The van der Waals surface area contributed by atoms with Gasteiger partial charge in [-0.3, -0.25) is 4.57 Å². The van der Waals surface area contributed by atoms with E-state index in [2.05, 4.69) is 15.3 Å². The number of methoxy groups -OCH3 is 1. The van der Waals surface area contributed by atoms with Gasteiger partial charge in [0, 0.05) is 32.7 Å². The summed E-state index contributed by atoms with van der Waals surface area (Å²) < 4.78 is 6.52. The Morgan fingerprint density at radius 3 is 2.79 bits per heavy atom. The number of rotatable bonds is 3. The largest absolute Gasteiger partial charge is 0.479 e. The molecule has 1 N–H and O–H groups in total. The van der Waals surface area contributed by atoms with Crippen molar-refractivity contribution in [2.45, 2.75) is 0 Å². The van der Waals surface area contributed by atoms with Gasteiger partial charge in [-0.15, -0.1) is 0 Å². The second-order valence-electron chi connectivity index (χ2n) is 4.01. The lowest BCUT2D eigenvalue weighted by atomic mass is 10.3. The summed E-state index contributed by atoms with van der Waals surface area (Å²) in [5, 5.41) is 2.77. The van der Waals surface area contributed by atoms with Crippen LogP contribution in [0.1, 0.15) is 0 Å². The van der Waals surface area contributed by atoms with Crippen molar-refractivity contribution < 1.29 is 9.53 Å². The van der Waals surface area contributed by atoms with Crippen LogP contribution in [-0.4, -0.2) is 41.8 Å². The Labute approximate surface area is 110 Å². The van der Waals surface area contributed by atoms with Gasteiger partial charge >= 0.3 is 6.03 Å². The number of amides is 1. The smallest absolute Gasteiger partial charge is 0.331 e. The van der Waals surface area contributed by atoms with Crippen LogP contribution in [0.25, 0.3) is 0 Å². The van der Waals surface area contributed by atoms with Gasteiger partial charge in [0.25, 0.3) is 0 Å². The van der Waals surface area contributed by atoms with Crippen LogP contribution >= 0.6 is 0 Å². The summed E-state index contributed by atoms with van der Waals surface area (Å²) in [6, 6.07) is 1.47. The number of carbonyl (C=O) groups is 1. The third-order valence-electron chi connectivity index (χ3n) is 2.54. The van der Waals surface area contributed by atoms with Crippen molar-refractivity contribution in [1.82, 2.24) is 14.5 Å². The molecule has 2 aromatic rings. The van der Waals surface area contributed by atoms with Gasteiger partial charge in [0.2, 0.25) is 5.88 Å². The van der Waals surface area contributed by atoms with Crippen LogP contribution in [0.3, 0.4) is 0 Å². The number of nitrogens with zero attached hydrogens (tertiary/aromatic N) is 4. The lowest BCUT2D eigenvalue weighted by molar-refractivity contribution is 0.253. The highest BCUT2D eigenvalue weighted by Crippen LogP contribution is 2.31. The summed E-state index contributed by atoms with van der Waals surface area (Å²) in [5.41, 5.74) is 1.33. The van der Waals surface area contributed by atoms with Gasteiger partial charge in [-0.25, -0.2) is 14.8 Å². The molecule has 0 aromatic carbocycles. The van der Waals surface area contributed by atoms with Gasteiger partial charge < -0.3 is 15.0 Å². The predicted octanol–water partition coefficient (Wildman–Crippen LogP) is 1.43. The van der Waals surface area contributed by atoms with Crippen molar-refractivity contribution in [2.24, 2.45) is 0 Å². The van der Waals surface area contributed by atoms with E-state index in [0.29, 0.717) is 11.6 Å². The molecule has 0 aliphatic carbocycles. The molecule has 0 aliphatic heterocycles. The maximum atomic E-state index is 12.0. The number of pyridine rings is 1. The standard InChI is InChI=1S/C12H15N5O2/c1-16(2)9-4-5-14-11(19-3)10(9)15-12(18)17-7-6-13-8-17/h4-8H,1-3H3,(H,15,18). The number of hydrogen-bond donors (Lipinski definition) is 1. The second kappa shape index (κ2) is 5.38. The molecule has 0 aliphatic rings. The first kappa shape index (κ1) is 12.9. The molecule has 1 amide bonds. The maximum absolute atomic E-state index is 12.0. The van der Waals surface area contributed by atoms with Crippen LogP contribution in [0.2, 0.25) is 0 Å². The molecule has 0 spiro atoms. The molecule has 2 aromatic heterocycles. The fourth-order valence-electron chi connectivity index (χ4n) is 1.63. The van der Waals surface area contributed by atoms with Crippen molar-refractivity contribution in [2.75, 3.05) is 31.4 Å². The lowest BCUT2D eigenvalue weighted by Crippen LogP contribution is -2.21. The van der Waals surface area contributed by atoms with E-state index in [9.17, 15) is 4.79 Å². The Morgan fingerprint density at radius 1 is 1.42 bits per heavy atom. The molecule has 0 atom stereocenters. The Bertz CT molecular complexity index is 566. The van der Waals surface area contributed by atoms with Crippen molar-refractivity contribution in [3.63, 3.8) is 0 Å². The van der Waals surface area contributed by atoms with Crippen molar-refractivity contribution in [3.8, 4) is 5.88 Å². The van der Waals surface area contributed by atoms with E-state index >= 15 is 0 Å². The Kier molecular flexibility index (Phi) is 3.65. The van der Waals surface area contributed by atoms with E-state index in [4.69, 9.17) is 4.74 Å². The molecule has 0 radical (unpaired) electrons. The van der Waals surface area contributed by atoms with Crippen LogP contribution in [-0.2, 0) is 0 Å². The van der Waals surface area contributed by atoms with Gasteiger partial charge in [-0.05, 0) is 6.07 Å². The van der Waals surface area contributed by atoms with E-state index < -0.39 is 0 Å². The minimum absolute atomic E-state index is 0.327. The van der Waals surface area contributed by atoms with E-state index in [0.717, 1.165) is 5.69 Å². The van der Waals surface area contributed by atoms with Crippen LogP contribution in [0.15, 0.2) is 31.0 Å². The lowest BCUT2D eigenvalue weighted by Gasteiger charge is -2.19. The van der Waals surface area contributed by atoms with Gasteiger partial charge in [0.05, 0.1) is 12.8 Å². The number of imidazole rings is 1. The average Bonchev–Trinajstić information content (AvgIpc) is 2.92. The summed E-state index contributed by atoms with van der Waals surface area (Å²) in [5.74, 6) is 0.361. The van der Waals surface area contributed by atoms with Gasteiger partial charge in [0.15, 0.2) is 0 Å². The van der Waals surface area contributed by atoms with Gasteiger partial charge in [0.1, 0.15) is 12.0 Å². The first-order valence-corrected chi connectivity index (χ1v) is 5.63.